The Bertz CT molecular complexity index is 1180. The highest BCUT2D eigenvalue weighted by Gasteiger charge is 2.70. The summed E-state index contributed by atoms with van der Waals surface area (Å²) >= 11 is 0. The second-order valence-electron chi connectivity index (χ2n) is 14.6. The van der Waals surface area contributed by atoms with Crippen LogP contribution in [0.15, 0.2) is 23.3 Å². The van der Waals surface area contributed by atoms with Gasteiger partial charge in [-0.25, -0.2) is 4.79 Å². The van der Waals surface area contributed by atoms with Crippen molar-refractivity contribution in [1.82, 2.24) is 5.32 Å². The van der Waals surface area contributed by atoms with Crippen LogP contribution in [0.25, 0.3) is 0 Å². The summed E-state index contributed by atoms with van der Waals surface area (Å²) in [7, 11) is 1.39. The van der Waals surface area contributed by atoms with Crippen molar-refractivity contribution in [2.24, 2.45) is 39.4 Å². The van der Waals surface area contributed by atoms with Crippen LogP contribution in [0.3, 0.4) is 0 Å². The van der Waals surface area contributed by atoms with Gasteiger partial charge in [0, 0.05) is 22.8 Å². The molecule has 3 N–H and O–H groups in total. The van der Waals surface area contributed by atoms with Gasteiger partial charge in [-0.2, -0.15) is 5.26 Å². The second-order valence-corrected chi connectivity index (χ2v) is 14.6. The normalized spacial score (nSPS) is 49.1. The van der Waals surface area contributed by atoms with Crippen LogP contribution in [0.5, 0.6) is 0 Å². The average Bonchev–Trinajstić information content (AvgIpc) is 2.83. The van der Waals surface area contributed by atoms with Crippen LogP contribution in [-0.4, -0.2) is 46.4 Å². The van der Waals surface area contributed by atoms with E-state index in [0.29, 0.717) is 6.42 Å². The summed E-state index contributed by atoms with van der Waals surface area (Å²) < 4.78 is 5.04. The number of rotatable bonds is 1. The Balaban J connectivity index is 1.67. The molecule has 3 fully saturated rings. The fourth-order valence-corrected chi connectivity index (χ4v) is 9.94. The highest BCUT2D eigenvalue weighted by atomic mass is 16.5. The lowest BCUT2D eigenvalue weighted by Crippen LogP contribution is -2.70. The Morgan fingerprint density at radius 3 is 2.39 bits per heavy atom. The number of nitrogens with one attached hydrogen (secondary N) is 1. The molecule has 1 unspecified atom stereocenters. The number of amides is 1. The van der Waals surface area contributed by atoms with E-state index in [-0.39, 0.29) is 45.4 Å². The Kier molecular flexibility index (Phi) is 5.89. The number of ketones is 1. The number of aliphatic hydroxyl groups excluding tert-OH is 1. The molecule has 5 rings (SSSR count). The van der Waals surface area contributed by atoms with Crippen LogP contribution in [-0.2, 0) is 9.53 Å². The molecule has 0 aromatic carbocycles. The van der Waals surface area contributed by atoms with E-state index in [2.05, 4.69) is 39.1 Å². The number of hydrogen-bond acceptors (Lipinski definition) is 6. The molecule has 5 aliphatic rings. The van der Waals surface area contributed by atoms with Gasteiger partial charge in [-0.1, -0.05) is 46.3 Å². The highest BCUT2D eigenvalue weighted by molar-refractivity contribution is 5.95. The maximum Gasteiger partial charge on any atom is 0.407 e. The molecule has 0 aromatic heterocycles. The highest BCUT2D eigenvalue weighted by Crippen LogP contribution is 2.72. The summed E-state index contributed by atoms with van der Waals surface area (Å²) in [4.78, 5) is 26.9. The Hall–Kier alpha value is -2.17. The van der Waals surface area contributed by atoms with Gasteiger partial charge in [-0.3, -0.25) is 4.79 Å². The molecule has 0 bridgehead atoms. The number of methoxy groups -OCH3 is 1. The van der Waals surface area contributed by atoms with Crippen LogP contribution in [0.4, 0.5) is 4.79 Å². The largest absolute Gasteiger partial charge is 0.453 e. The average molecular weight is 525 g/mol. The van der Waals surface area contributed by atoms with Crippen LogP contribution >= 0.6 is 0 Å². The van der Waals surface area contributed by atoms with Crippen molar-refractivity contribution >= 4 is 11.9 Å². The molecule has 0 saturated heterocycles. The van der Waals surface area contributed by atoms with Gasteiger partial charge in [0.2, 0.25) is 0 Å². The number of fused-ring (bicyclic) bond motifs is 7. The molecule has 3 saturated carbocycles. The predicted molar refractivity (Wildman–Crippen MR) is 143 cm³/mol. The predicted octanol–water partition coefficient (Wildman–Crippen LogP) is 4.83. The lowest BCUT2D eigenvalue weighted by atomic mass is 9.35. The van der Waals surface area contributed by atoms with Gasteiger partial charge in [0.25, 0.3) is 0 Å². The molecule has 0 spiro atoms. The van der Waals surface area contributed by atoms with Gasteiger partial charge >= 0.3 is 6.09 Å². The Morgan fingerprint density at radius 1 is 1.11 bits per heavy atom. The summed E-state index contributed by atoms with van der Waals surface area (Å²) in [5, 5.41) is 35.4. The van der Waals surface area contributed by atoms with Gasteiger partial charge in [0.15, 0.2) is 5.78 Å². The minimum absolute atomic E-state index is 0.0155. The van der Waals surface area contributed by atoms with E-state index in [9.17, 15) is 25.1 Å². The van der Waals surface area contributed by atoms with Gasteiger partial charge in [0.05, 0.1) is 24.4 Å². The zero-order valence-corrected chi connectivity index (χ0v) is 24.0. The van der Waals surface area contributed by atoms with Crippen molar-refractivity contribution in [3.63, 3.8) is 0 Å². The smallest absolute Gasteiger partial charge is 0.407 e. The number of hydrogen-bond donors (Lipinski definition) is 3. The van der Waals surface area contributed by atoms with Gasteiger partial charge in [0.1, 0.15) is 6.10 Å². The molecule has 5 aliphatic carbocycles. The zero-order chi connectivity index (χ0) is 28.1. The number of carbonyl (C=O) groups excluding carboxylic acids is 2. The number of allylic oxidation sites excluding steroid dienone is 3. The SMILES string of the molecule is COC(=O)N[C@]12CCC(C)(C)C[C@H]1[C@H]1C(=O)C=C3[C@@]4(C)C=C(C#N)C(O)[C@@](C)(O)[C@@H]4CC[C@@]3(C)[C@]1(C)CC2. The van der Waals surface area contributed by atoms with Crippen LogP contribution in [0.1, 0.15) is 86.5 Å². The number of nitriles is 1. The number of aliphatic hydroxyl groups is 2. The number of nitrogens with zero attached hydrogens (tertiary/aromatic N) is 1. The summed E-state index contributed by atoms with van der Waals surface area (Å²) in [6, 6.07) is 2.11. The fraction of sp³-hybridized carbons (Fsp3) is 0.774. The molecule has 0 heterocycles. The van der Waals surface area contributed by atoms with E-state index in [1.807, 2.05) is 19.1 Å². The van der Waals surface area contributed by atoms with E-state index in [1.54, 1.807) is 6.92 Å². The fourth-order valence-electron chi connectivity index (χ4n) is 9.94. The van der Waals surface area contributed by atoms with E-state index in [4.69, 9.17) is 4.74 Å². The molecular weight excluding hydrogens is 480 g/mol. The molecule has 208 valence electrons. The molecule has 38 heavy (non-hydrogen) atoms. The van der Waals surface area contributed by atoms with Crippen LogP contribution in [0, 0.1) is 50.7 Å². The molecule has 7 nitrogen and oxygen atoms in total. The first kappa shape index (κ1) is 27.4. The van der Waals surface area contributed by atoms with Crippen molar-refractivity contribution < 1.29 is 24.5 Å². The molecular formula is C31H44N2O5. The number of carbonyl (C=O) groups is 2. The number of ether oxygens (including phenoxy) is 1. The van der Waals surface area contributed by atoms with Gasteiger partial charge < -0.3 is 20.3 Å². The minimum atomic E-state index is -1.48. The molecule has 0 aromatic rings. The first-order valence-corrected chi connectivity index (χ1v) is 14.2. The topological polar surface area (TPSA) is 120 Å². The molecule has 1 amide bonds. The monoisotopic (exact) mass is 524 g/mol. The summed E-state index contributed by atoms with van der Waals surface area (Å²) in [6.45, 7) is 12.7. The van der Waals surface area contributed by atoms with E-state index >= 15 is 0 Å². The van der Waals surface area contributed by atoms with Crippen molar-refractivity contribution in [3.05, 3.63) is 23.3 Å². The van der Waals surface area contributed by atoms with Crippen LogP contribution in [0.2, 0.25) is 0 Å². The van der Waals surface area contributed by atoms with Crippen molar-refractivity contribution in [2.45, 2.75) is 104 Å². The zero-order valence-electron chi connectivity index (χ0n) is 24.0. The lowest BCUT2D eigenvalue weighted by Gasteiger charge is -2.69. The Labute approximate surface area is 226 Å². The quantitative estimate of drug-likeness (QED) is 0.452. The standard InChI is InChI=1S/C31H44N2O5/c1-26(2)10-12-31(33-25(36)38-7)13-11-29(5)23(19(31)16-26)20(34)14-22-27(3)15-18(17-32)24(35)30(6,37)21(27)8-9-28(22,29)4/h14-15,19,21,23-24,35,37H,8-13,16H2,1-7H3,(H,33,36)/t19-,21+,23-,24?,27-,28+,29+,30-,31-/m0/s1. The maximum absolute atomic E-state index is 14.4. The minimum Gasteiger partial charge on any atom is -0.453 e. The van der Waals surface area contributed by atoms with Crippen molar-refractivity contribution in [2.75, 3.05) is 7.11 Å². The third-order valence-corrected chi connectivity index (χ3v) is 12.3. The summed E-state index contributed by atoms with van der Waals surface area (Å²) in [5.41, 5.74) is -2.17. The summed E-state index contributed by atoms with van der Waals surface area (Å²) in [5.74, 6) is -0.501. The lowest BCUT2D eigenvalue weighted by molar-refractivity contribution is -0.171. The molecule has 0 radical (unpaired) electrons. The van der Waals surface area contributed by atoms with Gasteiger partial charge in [-0.05, 0) is 80.1 Å². The molecule has 9 atom stereocenters. The first-order valence-electron chi connectivity index (χ1n) is 14.2. The van der Waals surface area contributed by atoms with Crippen molar-refractivity contribution in [1.29, 1.82) is 5.26 Å². The third-order valence-electron chi connectivity index (χ3n) is 12.3. The molecule has 0 aliphatic heterocycles. The van der Waals surface area contributed by atoms with Crippen molar-refractivity contribution in [3.8, 4) is 6.07 Å². The van der Waals surface area contributed by atoms with E-state index in [0.717, 1.165) is 44.1 Å². The molecule has 7 heteroatoms. The summed E-state index contributed by atoms with van der Waals surface area (Å²) in [6.07, 6.45) is 7.65. The van der Waals surface area contributed by atoms with E-state index in [1.165, 1.54) is 7.11 Å². The van der Waals surface area contributed by atoms with E-state index < -0.39 is 28.8 Å². The second kappa shape index (κ2) is 8.17. The maximum atomic E-state index is 14.4. The Morgan fingerprint density at radius 2 is 1.76 bits per heavy atom. The number of alkyl carbamates (subject to hydrolysis) is 1. The van der Waals surface area contributed by atoms with Gasteiger partial charge in [-0.15, -0.1) is 0 Å². The van der Waals surface area contributed by atoms with Crippen LogP contribution < -0.4 is 5.32 Å². The first-order chi connectivity index (χ1) is 17.5. The third kappa shape index (κ3) is 3.38.